The van der Waals surface area contributed by atoms with E-state index in [0.717, 1.165) is 68.3 Å². The van der Waals surface area contributed by atoms with Crippen LogP contribution in [0.1, 0.15) is 107 Å². The number of allylic oxidation sites excluding steroid dienone is 1. The Morgan fingerprint density at radius 2 is 1.48 bits per heavy atom. The zero-order valence-electron chi connectivity index (χ0n) is 27.8. The standard InChI is InChI=1S/C39H57NO4/c1-5-6-7-8-9-10-11-12-13-17-24-43-30-31(2)44-39-35(26-34-27-37(41-3)38(42-4)28-36(34)39)25-32-20-22-40(23-21-32)29-33-18-15-14-16-19-33/h14-16,18-19,27-28,32H,2,5-13,17,20-26,29-30H2,1,3-4H3. The van der Waals surface area contributed by atoms with Gasteiger partial charge in [-0.3, -0.25) is 4.90 Å². The number of ether oxygens (including phenoxy) is 4. The van der Waals surface area contributed by atoms with Gasteiger partial charge in [0.2, 0.25) is 0 Å². The van der Waals surface area contributed by atoms with Crippen LogP contribution < -0.4 is 9.47 Å². The minimum atomic E-state index is 0.425. The number of piperidine rings is 1. The van der Waals surface area contributed by atoms with Crippen LogP contribution in [0.3, 0.4) is 0 Å². The topological polar surface area (TPSA) is 40.2 Å². The van der Waals surface area contributed by atoms with Gasteiger partial charge in [-0.25, -0.2) is 0 Å². The molecule has 4 rings (SSSR count). The molecule has 0 saturated carbocycles. The Morgan fingerprint density at radius 3 is 2.14 bits per heavy atom. The van der Waals surface area contributed by atoms with E-state index in [1.54, 1.807) is 14.2 Å². The van der Waals surface area contributed by atoms with E-state index in [9.17, 15) is 0 Å². The van der Waals surface area contributed by atoms with Crippen molar-refractivity contribution in [2.24, 2.45) is 5.92 Å². The summed E-state index contributed by atoms with van der Waals surface area (Å²) in [4.78, 5) is 2.59. The predicted octanol–water partition coefficient (Wildman–Crippen LogP) is 9.74. The van der Waals surface area contributed by atoms with Crippen LogP contribution in [0.25, 0.3) is 5.76 Å². The quantitative estimate of drug-likeness (QED) is 0.105. The molecule has 2 aromatic rings. The maximum Gasteiger partial charge on any atom is 0.161 e. The summed E-state index contributed by atoms with van der Waals surface area (Å²) in [6.07, 6.45) is 17.6. The van der Waals surface area contributed by atoms with Gasteiger partial charge in [0.1, 0.15) is 18.1 Å². The largest absolute Gasteiger partial charge is 0.493 e. The zero-order chi connectivity index (χ0) is 31.0. The molecule has 0 N–H and O–H groups in total. The first-order valence-electron chi connectivity index (χ1n) is 17.3. The van der Waals surface area contributed by atoms with Gasteiger partial charge in [-0.2, -0.15) is 0 Å². The van der Waals surface area contributed by atoms with Crippen molar-refractivity contribution in [1.29, 1.82) is 0 Å². The minimum Gasteiger partial charge on any atom is -0.493 e. The minimum absolute atomic E-state index is 0.425. The van der Waals surface area contributed by atoms with Crippen LogP contribution in [0, 0.1) is 5.92 Å². The molecule has 2 aromatic carbocycles. The molecule has 0 radical (unpaired) electrons. The first-order valence-corrected chi connectivity index (χ1v) is 17.3. The van der Waals surface area contributed by atoms with E-state index in [1.165, 1.54) is 87.3 Å². The van der Waals surface area contributed by atoms with Crippen molar-refractivity contribution >= 4 is 5.76 Å². The van der Waals surface area contributed by atoms with Crippen LogP contribution in [0.15, 0.2) is 60.4 Å². The lowest BCUT2D eigenvalue weighted by atomic mass is 9.89. The van der Waals surface area contributed by atoms with Gasteiger partial charge in [-0.05, 0) is 79.9 Å². The molecule has 1 fully saturated rings. The summed E-state index contributed by atoms with van der Waals surface area (Å²) in [5, 5.41) is 0. The monoisotopic (exact) mass is 603 g/mol. The molecular weight excluding hydrogens is 546 g/mol. The van der Waals surface area contributed by atoms with Crippen molar-refractivity contribution in [2.75, 3.05) is 40.5 Å². The molecule has 0 aromatic heterocycles. The average Bonchev–Trinajstić information content (AvgIpc) is 3.37. The fourth-order valence-electron chi connectivity index (χ4n) is 6.66. The van der Waals surface area contributed by atoms with Crippen LogP contribution in [0.4, 0.5) is 0 Å². The van der Waals surface area contributed by atoms with Gasteiger partial charge in [0.15, 0.2) is 11.5 Å². The average molecular weight is 604 g/mol. The summed E-state index contributed by atoms with van der Waals surface area (Å²) in [5.74, 6) is 3.75. The first-order chi connectivity index (χ1) is 21.6. The second-order valence-electron chi connectivity index (χ2n) is 12.8. The first kappa shape index (κ1) is 34.1. The molecule has 5 heteroatoms. The number of nitrogens with zero attached hydrogens (tertiary/aromatic N) is 1. The molecule has 1 saturated heterocycles. The van der Waals surface area contributed by atoms with E-state index in [-0.39, 0.29) is 0 Å². The number of methoxy groups -OCH3 is 2. The lowest BCUT2D eigenvalue weighted by molar-refractivity contribution is 0.123. The summed E-state index contributed by atoms with van der Waals surface area (Å²) in [6.45, 7) is 11.0. The highest BCUT2D eigenvalue weighted by molar-refractivity contribution is 5.75. The lowest BCUT2D eigenvalue weighted by Crippen LogP contribution is -2.33. The highest BCUT2D eigenvalue weighted by Gasteiger charge is 2.29. The molecule has 0 unspecified atom stereocenters. The summed E-state index contributed by atoms with van der Waals surface area (Å²) in [5.41, 5.74) is 5.07. The molecule has 2 aliphatic rings. The van der Waals surface area contributed by atoms with Crippen LogP contribution in [-0.4, -0.2) is 45.4 Å². The van der Waals surface area contributed by atoms with Crippen LogP contribution in [0.5, 0.6) is 11.5 Å². The molecule has 0 amide bonds. The van der Waals surface area contributed by atoms with Gasteiger partial charge in [0.25, 0.3) is 0 Å². The summed E-state index contributed by atoms with van der Waals surface area (Å²) in [6, 6.07) is 15.0. The third-order valence-corrected chi connectivity index (χ3v) is 9.22. The highest BCUT2D eigenvalue weighted by atomic mass is 16.5. The van der Waals surface area contributed by atoms with Crippen LogP contribution in [0.2, 0.25) is 0 Å². The van der Waals surface area contributed by atoms with E-state index < -0.39 is 0 Å². The van der Waals surface area contributed by atoms with Gasteiger partial charge in [-0.15, -0.1) is 0 Å². The third-order valence-electron chi connectivity index (χ3n) is 9.22. The van der Waals surface area contributed by atoms with Gasteiger partial charge in [-0.1, -0.05) is 102 Å². The van der Waals surface area contributed by atoms with E-state index in [4.69, 9.17) is 18.9 Å². The summed E-state index contributed by atoms with van der Waals surface area (Å²) >= 11 is 0. The second kappa shape index (κ2) is 18.9. The number of hydrogen-bond donors (Lipinski definition) is 0. The van der Waals surface area contributed by atoms with E-state index in [2.05, 4.69) is 60.9 Å². The van der Waals surface area contributed by atoms with Gasteiger partial charge < -0.3 is 18.9 Å². The van der Waals surface area contributed by atoms with Crippen LogP contribution in [-0.2, 0) is 22.4 Å². The second-order valence-corrected chi connectivity index (χ2v) is 12.8. The van der Waals surface area contributed by atoms with Crippen molar-refractivity contribution in [2.45, 2.75) is 103 Å². The maximum absolute atomic E-state index is 6.52. The molecule has 0 spiro atoms. The molecule has 1 aliphatic carbocycles. The summed E-state index contributed by atoms with van der Waals surface area (Å²) < 4.78 is 23.8. The number of unbranched alkanes of at least 4 members (excludes halogenated alkanes) is 9. The SMILES string of the molecule is C=C(COCCCCCCCCCCCC)OC1=C(CC2CCN(Cc3ccccc3)CC2)Cc2cc(OC)c(OC)cc21. The van der Waals surface area contributed by atoms with E-state index in [1.807, 2.05) is 0 Å². The normalized spacial score (nSPS) is 15.4. The van der Waals surface area contributed by atoms with Gasteiger partial charge >= 0.3 is 0 Å². The smallest absolute Gasteiger partial charge is 0.161 e. The zero-order valence-corrected chi connectivity index (χ0v) is 27.8. The number of fused-ring (bicyclic) bond motifs is 1. The fourth-order valence-corrected chi connectivity index (χ4v) is 6.66. The number of hydrogen-bond acceptors (Lipinski definition) is 5. The molecule has 5 nitrogen and oxygen atoms in total. The van der Waals surface area contributed by atoms with Crippen molar-refractivity contribution in [3.63, 3.8) is 0 Å². The number of rotatable bonds is 21. The van der Waals surface area contributed by atoms with Crippen molar-refractivity contribution in [3.05, 3.63) is 77.1 Å². The lowest BCUT2D eigenvalue weighted by Gasteiger charge is -2.32. The Labute approximate surface area is 267 Å². The Bertz CT molecular complexity index is 1170. The molecule has 242 valence electrons. The third kappa shape index (κ3) is 10.7. The van der Waals surface area contributed by atoms with Crippen LogP contribution >= 0.6 is 0 Å². The van der Waals surface area contributed by atoms with Gasteiger partial charge in [0.05, 0.1) is 14.2 Å². The van der Waals surface area contributed by atoms with Crippen molar-refractivity contribution < 1.29 is 18.9 Å². The molecule has 1 heterocycles. The Kier molecular flexibility index (Phi) is 14.7. The van der Waals surface area contributed by atoms with Gasteiger partial charge in [0, 0.05) is 18.7 Å². The summed E-state index contributed by atoms with van der Waals surface area (Å²) in [7, 11) is 3.38. The van der Waals surface area contributed by atoms with E-state index >= 15 is 0 Å². The Balaban J connectivity index is 1.26. The number of likely N-dealkylation sites (tertiary alicyclic amines) is 1. The molecule has 0 bridgehead atoms. The fraction of sp³-hybridized carbons (Fsp3) is 0.590. The predicted molar refractivity (Wildman–Crippen MR) is 182 cm³/mol. The molecule has 0 atom stereocenters. The highest BCUT2D eigenvalue weighted by Crippen LogP contribution is 2.44. The van der Waals surface area contributed by atoms with E-state index in [0.29, 0.717) is 18.3 Å². The molecular formula is C39H57NO4. The maximum atomic E-state index is 6.52. The Morgan fingerprint density at radius 1 is 0.841 bits per heavy atom. The molecule has 44 heavy (non-hydrogen) atoms. The Hall–Kier alpha value is -2.76. The molecule has 1 aliphatic heterocycles. The van der Waals surface area contributed by atoms with Crippen molar-refractivity contribution in [3.8, 4) is 11.5 Å². The number of benzene rings is 2. The van der Waals surface area contributed by atoms with Crippen molar-refractivity contribution in [1.82, 2.24) is 4.90 Å².